The predicted molar refractivity (Wildman–Crippen MR) is 594 cm³/mol. The fourth-order valence-corrected chi connectivity index (χ4v) is 25.7. The summed E-state index contributed by atoms with van der Waals surface area (Å²) in [7, 11) is 0. The number of nitrogens with zero attached hydrogens (tertiary/aromatic N) is 10. The molecule has 30 aromatic rings. The molecule has 0 saturated carbocycles. The van der Waals surface area contributed by atoms with E-state index in [0.717, 1.165) is 150 Å². The van der Waals surface area contributed by atoms with Gasteiger partial charge in [-0.15, -0.1) is 22.7 Å². The van der Waals surface area contributed by atoms with Crippen LogP contribution in [0.4, 0.5) is 0 Å². The molecule has 21 aromatic carbocycles. The average Bonchev–Trinajstić information content (AvgIpc) is 1.57. The van der Waals surface area contributed by atoms with Gasteiger partial charge in [-0.3, -0.25) is 0 Å². The minimum atomic E-state index is 0.552. The van der Waals surface area contributed by atoms with E-state index >= 15 is 0 Å². The van der Waals surface area contributed by atoms with Gasteiger partial charge < -0.3 is 31.8 Å². The van der Waals surface area contributed by atoms with E-state index < -0.39 is 0 Å². The summed E-state index contributed by atoms with van der Waals surface area (Å²) in [6, 6.07) is 167. The van der Waals surface area contributed by atoms with Crippen molar-refractivity contribution in [1.29, 1.82) is 21.0 Å². The minimum Gasteiger partial charge on any atom is -0.455 e. The highest BCUT2D eigenvalue weighted by atomic mass is 32.1. The Morgan fingerprint density at radius 1 is 0.189 bits per heavy atom. The molecule has 0 bridgehead atoms. The smallest absolute Gasteiger partial charge is 0.145 e. The highest BCUT2D eigenvalue weighted by Gasteiger charge is 2.30. The molecule has 0 unspecified atom stereocenters. The molecule has 11 nitrogen and oxygen atoms in total. The molecular formula is C130H74N10OS2. The van der Waals surface area contributed by atoms with Gasteiger partial charge in [0, 0.05) is 161 Å². The third-order valence-corrected chi connectivity index (χ3v) is 31.5. The SMILES string of the molecule is N#Cc1ccc(-c2cccc3c2sc2c3ccc3c2c2ccccc2n3-c2ccccc2)c(-n2c3ccccc3c3ccccc32)c1.N#Cc1ccc2c(c1)c1ccccc1n2-c1cccc(C#N)c1-c1cccc2c1oc1c2ccc2c1c1ccccc1n2-c1ccccc1.N#Cc1cccc(-c2cccc3c2sc2c3ccc3c2c2ccccc2n3-c2ccccc2)c1-n1c2ccccc2c2ccccc21. The van der Waals surface area contributed by atoms with Crippen LogP contribution in [0.5, 0.6) is 0 Å². The first kappa shape index (κ1) is 81.9. The van der Waals surface area contributed by atoms with Crippen molar-refractivity contribution in [2.24, 2.45) is 0 Å². The van der Waals surface area contributed by atoms with Crippen LogP contribution in [0.25, 0.3) is 261 Å². The second-order valence-corrected chi connectivity index (χ2v) is 38.4. The Bertz CT molecular complexity index is 10700. The molecule has 143 heavy (non-hydrogen) atoms. The molecule has 9 heterocycles. The molecule has 0 fully saturated rings. The summed E-state index contributed by atoms with van der Waals surface area (Å²) in [6.07, 6.45) is 0. The van der Waals surface area contributed by atoms with Crippen molar-refractivity contribution in [3.63, 3.8) is 0 Å². The van der Waals surface area contributed by atoms with Gasteiger partial charge in [0.2, 0.25) is 0 Å². The van der Waals surface area contributed by atoms with E-state index in [-0.39, 0.29) is 0 Å². The quantitative estimate of drug-likeness (QED) is 0.142. The van der Waals surface area contributed by atoms with Crippen LogP contribution >= 0.6 is 22.7 Å². The molecule has 9 aromatic heterocycles. The Morgan fingerprint density at radius 2 is 0.517 bits per heavy atom. The number of fused-ring (bicyclic) bond motifs is 30. The van der Waals surface area contributed by atoms with E-state index in [1.54, 1.807) is 0 Å². The highest BCUT2D eigenvalue weighted by molar-refractivity contribution is 7.28. The lowest BCUT2D eigenvalue weighted by Gasteiger charge is -2.16. The number of hydrogen-bond acceptors (Lipinski definition) is 7. The molecule has 662 valence electrons. The van der Waals surface area contributed by atoms with Gasteiger partial charge in [-0.1, -0.05) is 291 Å². The summed E-state index contributed by atoms with van der Waals surface area (Å²) in [4.78, 5) is 0. The van der Waals surface area contributed by atoms with Gasteiger partial charge in [0.1, 0.15) is 17.2 Å². The van der Waals surface area contributed by atoms with E-state index in [2.05, 4.69) is 422 Å². The van der Waals surface area contributed by atoms with E-state index in [1.807, 2.05) is 102 Å². The Kier molecular flexibility index (Phi) is 18.7. The first-order valence-corrected chi connectivity index (χ1v) is 49.3. The van der Waals surface area contributed by atoms with E-state index in [0.29, 0.717) is 22.3 Å². The third kappa shape index (κ3) is 12.4. The molecule has 0 aliphatic rings. The second kappa shape index (κ2) is 32.7. The van der Waals surface area contributed by atoms with E-state index in [9.17, 15) is 21.0 Å². The molecule has 0 aliphatic carbocycles. The number of para-hydroxylation sites is 13. The maximum atomic E-state index is 10.6. The van der Waals surface area contributed by atoms with Gasteiger partial charge in [0.05, 0.1) is 129 Å². The molecule has 0 saturated heterocycles. The van der Waals surface area contributed by atoms with Crippen molar-refractivity contribution >= 4 is 216 Å². The van der Waals surface area contributed by atoms with Crippen molar-refractivity contribution in [3.05, 3.63) is 471 Å². The maximum absolute atomic E-state index is 10.6. The van der Waals surface area contributed by atoms with Gasteiger partial charge in [0.15, 0.2) is 0 Å². The molecule has 0 amide bonds. The van der Waals surface area contributed by atoms with Crippen molar-refractivity contribution in [1.82, 2.24) is 27.4 Å². The van der Waals surface area contributed by atoms with Crippen LogP contribution in [-0.4, -0.2) is 27.4 Å². The number of rotatable bonds is 9. The van der Waals surface area contributed by atoms with Gasteiger partial charge in [-0.2, -0.15) is 21.0 Å². The molecule has 0 aliphatic heterocycles. The zero-order valence-electron chi connectivity index (χ0n) is 76.4. The summed E-state index contributed by atoms with van der Waals surface area (Å²) in [6.45, 7) is 0. The normalized spacial score (nSPS) is 11.7. The van der Waals surface area contributed by atoms with Crippen LogP contribution in [0.1, 0.15) is 22.3 Å². The zero-order chi connectivity index (χ0) is 94.8. The number of aromatic nitrogens is 6. The Balaban J connectivity index is 0.000000105. The van der Waals surface area contributed by atoms with E-state index in [1.165, 1.54) is 111 Å². The molecular weight excluding hydrogens is 1780 g/mol. The third-order valence-electron chi connectivity index (χ3n) is 28.9. The molecule has 0 radical (unpaired) electrons. The topological polar surface area (TPSA) is 138 Å². The Hall–Kier alpha value is -19.4. The van der Waals surface area contributed by atoms with Crippen LogP contribution in [0, 0.1) is 45.3 Å². The first-order chi connectivity index (χ1) is 70.9. The molecule has 13 heteroatoms. The number of furan rings is 1. The van der Waals surface area contributed by atoms with Crippen molar-refractivity contribution in [2.45, 2.75) is 0 Å². The maximum Gasteiger partial charge on any atom is 0.145 e. The monoisotopic (exact) mass is 1850 g/mol. The lowest BCUT2D eigenvalue weighted by Crippen LogP contribution is -2.00. The standard InChI is InChI=1S/C44H24N4O.2C43H25N3S/c45-25-27-20-22-38-35(24-27)30-13-4-6-17-36(30)48(38)39-19-8-10-28(26-46)41(39)34-16-9-15-31-32-21-23-40-42(44(32)49-43(31)34)33-14-5-7-18-37(33)47(40)29-11-2-1-3-12-29;44-26-27-12-10-18-31(41(27)46-36-21-7-4-15-29(36)30-16-5-8-22-37(30)46)32-19-11-20-33-34-24-25-39-40(43(34)47-42(32)33)35-17-6-9-23-38(35)45(39)28-13-2-1-3-14-28;44-26-27-21-22-31(40(25-27)46-36-18-7-4-13-29(36)30-14-5-8-19-37(30)46)32-16-10-17-33-34-23-24-39-41(43(34)47-42(32)33)35-15-6-9-20-38(35)45(39)28-11-2-1-3-12-28/h1-24H;2*1-25H. The fourth-order valence-electron chi connectivity index (χ4n) is 23.0. The lowest BCUT2D eigenvalue weighted by molar-refractivity contribution is 0.674. The minimum absolute atomic E-state index is 0.552. The number of benzene rings is 21. The van der Waals surface area contributed by atoms with Crippen LogP contribution in [-0.2, 0) is 0 Å². The predicted octanol–water partition coefficient (Wildman–Crippen LogP) is 34.8. The Morgan fingerprint density at radius 3 is 1.00 bits per heavy atom. The summed E-state index contributed by atoms with van der Waals surface area (Å²) >= 11 is 3.73. The largest absolute Gasteiger partial charge is 0.455 e. The van der Waals surface area contributed by atoms with Crippen LogP contribution in [0.2, 0.25) is 0 Å². The Labute approximate surface area is 825 Å². The lowest BCUT2D eigenvalue weighted by atomic mass is 9.96. The fraction of sp³-hybridized carbons (Fsp3) is 0. The van der Waals surface area contributed by atoms with E-state index in [4.69, 9.17) is 4.42 Å². The van der Waals surface area contributed by atoms with Gasteiger partial charge in [-0.05, 0) is 158 Å². The van der Waals surface area contributed by atoms with Crippen molar-refractivity contribution < 1.29 is 4.42 Å². The molecule has 0 N–H and O–H groups in total. The first-order valence-electron chi connectivity index (χ1n) is 47.7. The summed E-state index contributed by atoms with van der Waals surface area (Å²) < 4.78 is 26.0. The second-order valence-electron chi connectivity index (χ2n) is 36.3. The van der Waals surface area contributed by atoms with Gasteiger partial charge in [-0.25, -0.2) is 0 Å². The van der Waals surface area contributed by atoms with Crippen LogP contribution in [0.15, 0.2) is 453 Å². The van der Waals surface area contributed by atoms with Crippen LogP contribution in [0.3, 0.4) is 0 Å². The van der Waals surface area contributed by atoms with Crippen LogP contribution < -0.4 is 0 Å². The van der Waals surface area contributed by atoms with Crippen molar-refractivity contribution in [3.8, 4) is 91.8 Å². The van der Waals surface area contributed by atoms with Gasteiger partial charge in [0.25, 0.3) is 0 Å². The number of thiophene rings is 2. The number of hydrogen-bond donors (Lipinski definition) is 0. The molecule has 30 rings (SSSR count). The van der Waals surface area contributed by atoms with Gasteiger partial charge >= 0.3 is 0 Å². The average molecular weight is 1860 g/mol. The van der Waals surface area contributed by atoms with Crippen molar-refractivity contribution in [2.75, 3.05) is 0 Å². The highest BCUT2D eigenvalue weighted by Crippen LogP contribution is 2.53. The summed E-state index contributed by atoms with van der Waals surface area (Å²) in [5, 5.41) is 61.9. The summed E-state index contributed by atoms with van der Waals surface area (Å²) in [5.74, 6) is 0. The summed E-state index contributed by atoms with van der Waals surface area (Å²) in [5.41, 5.74) is 29.7. The number of nitriles is 4. The zero-order valence-corrected chi connectivity index (χ0v) is 78.1. The molecule has 0 spiro atoms. The molecule has 0 atom stereocenters.